The third-order valence-corrected chi connectivity index (χ3v) is 5.76. The Morgan fingerprint density at radius 2 is 1.97 bits per heavy atom. The third-order valence-electron chi connectivity index (χ3n) is 4.98. The van der Waals surface area contributed by atoms with Crippen molar-refractivity contribution in [3.8, 4) is 11.5 Å². The molecule has 1 saturated heterocycles. The number of fused-ring (bicyclic) bond motifs is 1. The summed E-state index contributed by atoms with van der Waals surface area (Å²) in [6, 6.07) is 6.82. The molecule has 0 bridgehead atoms. The highest BCUT2D eigenvalue weighted by Crippen LogP contribution is 2.40. The highest BCUT2D eigenvalue weighted by Gasteiger charge is 2.24. The Morgan fingerprint density at radius 3 is 2.72 bits per heavy atom. The first-order chi connectivity index (χ1) is 14.1. The maximum Gasteiger partial charge on any atom is 0.166 e. The van der Waals surface area contributed by atoms with Crippen LogP contribution in [0.1, 0.15) is 24.6 Å². The second-order valence-corrected chi connectivity index (χ2v) is 7.63. The largest absolute Gasteiger partial charge is 0.493 e. The second-order valence-electron chi connectivity index (χ2n) is 6.85. The summed E-state index contributed by atoms with van der Waals surface area (Å²) in [5, 5.41) is 9.53. The number of hydrogen-bond donors (Lipinski definition) is 3. The number of ether oxygens (including phenoxy) is 2. The molecule has 2 aromatic rings. The number of rotatable bonds is 5. The van der Waals surface area contributed by atoms with E-state index >= 15 is 0 Å². The Hall–Kier alpha value is -2.22. The Labute approximate surface area is 178 Å². The van der Waals surface area contributed by atoms with E-state index in [9.17, 15) is 4.39 Å². The number of nitrogens with one attached hydrogen (secondary N) is 3. The van der Waals surface area contributed by atoms with E-state index in [-0.39, 0.29) is 21.8 Å². The van der Waals surface area contributed by atoms with Gasteiger partial charge in [0.25, 0.3) is 0 Å². The van der Waals surface area contributed by atoms with E-state index in [0.29, 0.717) is 11.5 Å². The number of benzene rings is 2. The van der Waals surface area contributed by atoms with Crippen molar-refractivity contribution in [1.29, 1.82) is 0 Å². The standard InChI is InChI=1S/C20H21Cl2FN4O2/c1-28-16-9-15-12(8-17(16)29-11-4-6-24-7-5-11)20(26-10-25-15)27-14-3-2-13(21)18(22)19(14)23/h2-3,8-11,20,24,27H,4-7H2,1H3,(H,25,26). The molecule has 3 N–H and O–H groups in total. The van der Waals surface area contributed by atoms with E-state index in [1.54, 1.807) is 19.5 Å². The van der Waals surface area contributed by atoms with Crippen LogP contribution in [0.2, 0.25) is 10.0 Å². The molecule has 1 fully saturated rings. The summed E-state index contributed by atoms with van der Waals surface area (Å²) < 4.78 is 26.2. The van der Waals surface area contributed by atoms with Crippen molar-refractivity contribution in [3.63, 3.8) is 0 Å². The second kappa shape index (κ2) is 8.65. The van der Waals surface area contributed by atoms with Crippen molar-refractivity contribution in [3.05, 3.63) is 45.7 Å². The van der Waals surface area contributed by atoms with Crippen LogP contribution in [-0.2, 0) is 0 Å². The zero-order chi connectivity index (χ0) is 20.4. The average molecular weight is 439 g/mol. The lowest BCUT2D eigenvalue weighted by atomic mass is 10.1. The Bertz CT molecular complexity index is 935. The van der Waals surface area contributed by atoms with Crippen molar-refractivity contribution in [2.45, 2.75) is 25.1 Å². The third kappa shape index (κ3) is 4.22. The minimum atomic E-state index is -0.617. The molecule has 2 aliphatic rings. The summed E-state index contributed by atoms with van der Waals surface area (Å²) in [7, 11) is 1.61. The van der Waals surface area contributed by atoms with Gasteiger partial charge in [-0.1, -0.05) is 23.2 Å². The molecule has 4 rings (SSSR count). The highest BCUT2D eigenvalue weighted by molar-refractivity contribution is 6.42. The van der Waals surface area contributed by atoms with Crippen molar-refractivity contribution in [2.75, 3.05) is 30.8 Å². The topological polar surface area (TPSA) is 66.9 Å². The fourth-order valence-electron chi connectivity index (χ4n) is 3.43. The maximum absolute atomic E-state index is 14.5. The predicted molar refractivity (Wildman–Crippen MR) is 114 cm³/mol. The molecule has 0 aliphatic carbocycles. The maximum atomic E-state index is 14.5. The summed E-state index contributed by atoms with van der Waals surface area (Å²) in [5.41, 5.74) is 1.82. The van der Waals surface area contributed by atoms with Gasteiger partial charge in [0.05, 0.1) is 34.9 Å². The van der Waals surface area contributed by atoms with Gasteiger partial charge in [0.1, 0.15) is 12.3 Å². The Kier molecular flexibility index (Phi) is 5.99. The number of anilines is 2. The van der Waals surface area contributed by atoms with E-state index in [0.717, 1.165) is 37.2 Å². The lowest BCUT2D eigenvalue weighted by Crippen LogP contribution is -2.34. The van der Waals surface area contributed by atoms with E-state index in [4.69, 9.17) is 32.7 Å². The average Bonchev–Trinajstić information content (AvgIpc) is 2.74. The molecule has 2 aliphatic heterocycles. The van der Waals surface area contributed by atoms with Gasteiger partial charge in [-0.2, -0.15) is 0 Å². The van der Waals surface area contributed by atoms with E-state index in [1.165, 1.54) is 6.07 Å². The fourth-order valence-corrected chi connectivity index (χ4v) is 3.74. The monoisotopic (exact) mass is 438 g/mol. The van der Waals surface area contributed by atoms with Gasteiger partial charge >= 0.3 is 0 Å². The highest BCUT2D eigenvalue weighted by atomic mass is 35.5. The molecule has 2 aromatic carbocycles. The van der Waals surface area contributed by atoms with Gasteiger partial charge in [-0.3, -0.25) is 0 Å². The lowest BCUT2D eigenvalue weighted by molar-refractivity contribution is 0.156. The first-order valence-corrected chi connectivity index (χ1v) is 10.1. The number of piperidine rings is 1. The number of hydrogen-bond acceptors (Lipinski definition) is 6. The van der Waals surface area contributed by atoms with Crippen molar-refractivity contribution in [1.82, 2.24) is 5.32 Å². The van der Waals surface area contributed by atoms with Gasteiger partial charge < -0.3 is 25.4 Å². The van der Waals surface area contributed by atoms with Gasteiger partial charge in [0, 0.05) is 11.6 Å². The van der Waals surface area contributed by atoms with Crippen LogP contribution < -0.4 is 25.4 Å². The van der Waals surface area contributed by atoms with E-state index in [1.807, 2.05) is 12.1 Å². The SMILES string of the molecule is COc1cc2c(cc1OC1CCNCC1)C(Nc1ccc(Cl)c(Cl)c1F)N=CN2. The molecule has 0 amide bonds. The zero-order valence-electron chi connectivity index (χ0n) is 15.8. The fraction of sp³-hybridized carbons (Fsp3) is 0.350. The lowest BCUT2D eigenvalue weighted by Gasteiger charge is -2.28. The molecule has 0 radical (unpaired) electrons. The molecule has 1 atom stereocenters. The molecule has 0 saturated carbocycles. The van der Waals surface area contributed by atoms with Crippen LogP contribution >= 0.6 is 23.2 Å². The van der Waals surface area contributed by atoms with Gasteiger partial charge in [-0.25, -0.2) is 9.38 Å². The van der Waals surface area contributed by atoms with Crippen molar-refractivity contribution >= 4 is 40.9 Å². The molecular formula is C20H21Cl2FN4O2. The summed E-state index contributed by atoms with van der Waals surface area (Å²) in [4.78, 5) is 4.41. The van der Waals surface area contributed by atoms with E-state index in [2.05, 4.69) is 20.9 Å². The molecule has 1 unspecified atom stereocenters. The predicted octanol–water partition coefficient (Wildman–Crippen LogP) is 4.84. The van der Waals surface area contributed by atoms with Crippen LogP contribution in [0.5, 0.6) is 11.5 Å². The van der Waals surface area contributed by atoms with Gasteiger partial charge in [0.15, 0.2) is 17.3 Å². The summed E-state index contributed by atoms with van der Waals surface area (Å²) >= 11 is 11.8. The Morgan fingerprint density at radius 1 is 1.17 bits per heavy atom. The summed E-state index contributed by atoms with van der Waals surface area (Å²) in [6.07, 6.45) is 2.99. The van der Waals surface area contributed by atoms with Crippen LogP contribution in [0.3, 0.4) is 0 Å². The first-order valence-electron chi connectivity index (χ1n) is 9.34. The van der Waals surface area contributed by atoms with Gasteiger partial charge in [0.2, 0.25) is 0 Å². The number of methoxy groups -OCH3 is 1. The molecule has 6 nitrogen and oxygen atoms in total. The summed E-state index contributed by atoms with van der Waals surface area (Å²) in [5.74, 6) is 0.650. The minimum absolute atomic E-state index is 0.113. The van der Waals surface area contributed by atoms with Crippen molar-refractivity contribution < 1.29 is 13.9 Å². The zero-order valence-corrected chi connectivity index (χ0v) is 17.3. The molecule has 29 heavy (non-hydrogen) atoms. The molecule has 9 heteroatoms. The molecule has 2 heterocycles. The van der Waals surface area contributed by atoms with E-state index < -0.39 is 12.0 Å². The number of halogens is 3. The Balaban J connectivity index is 1.64. The molecular weight excluding hydrogens is 418 g/mol. The van der Waals surface area contributed by atoms with Crippen LogP contribution in [0.25, 0.3) is 0 Å². The van der Waals surface area contributed by atoms with Gasteiger partial charge in [-0.15, -0.1) is 0 Å². The summed E-state index contributed by atoms with van der Waals surface area (Å²) in [6.45, 7) is 1.84. The van der Waals surface area contributed by atoms with Crippen LogP contribution in [-0.4, -0.2) is 32.6 Å². The molecule has 0 spiro atoms. The van der Waals surface area contributed by atoms with Crippen LogP contribution in [0.15, 0.2) is 29.3 Å². The quantitative estimate of drug-likeness (QED) is 0.582. The molecule has 154 valence electrons. The minimum Gasteiger partial charge on any atom is -0.493 e. The first kappa shape index (κ1) is 20.1. The smallest absolute Gasteiger partial charge is 0.166 e. The normalized spacial score (nSPS) is 18.7. The van der Waals surface area contributed by atoms with Gasteiger partial charge in [-0.05, 0) is 44.1 Å². The number of aliphatic imine (C=N–C) groups is 1. The molecule has 0 aromatic heterocycles. The van der Waals surface area contributed by atoms with Crippen LogP contribution in [0.4, 0.5) is 15.8 Å². The number of nitrogens with zero attached hydrogens (tertiary/aromatic N) is 1. The van der Waals surface area contributed by atoms with Crippen molar-refractivity contribution in [2.24, 2.45) is 4.99 Å². The van der Waals surface area contributed by atoms with Crippen LogP contribution in [0, 0.1) is 5.82 Å².